The van der Waals surface area contributed by atoms with Gasteiger partial charge in [-0.2, -0.15) is 0 Å². The Morgan fingerprint density at radius 2 is 2.14 bits per heavy atom. The van der Waals surface area contributed by atoms with Crippen LogP contribution in [0.3, 0.4) is 0 Å². The zero-order valence-corrected chi connectivity index (χ0v) is 12.3. The third-order valence-corrected chi connectivity index (χ3v) is 4.58. The molecular formula is C15H10BrF2NO2. The molecule has 1 N–H and O–H groups in total. The Morgan fingerprint density at radius 1 is 1.29 bits per heavy atom. The molecule has 4 rings (SSSR count). The van der Waals surface area contributed by atoms with Gasteiger partial charge in [-0.3, -0.25) is 0 Å². The summed E-state index contributed by atoms with van der Waals surface area (Å²) >= 11 is 3.22. The van der Waals surface area contributed by atoms with Crippen molar-refractivity contribution < 1.29 is 17.9 Å². The van der Waals surface area contributed by atoms with E-state index in [1.807, 2.05) is 0 Å². The SMILES string of the molecule is Fc1cc(F)c2[nH]c3c(c2c1Br)CCOC3c1ccoc1. The van der Waals surface area contributed by atoms with Crippen LogP contribution in [-0.2, 0) is 11.2 Å². The van der Waals surface area contributed by atoms with Crippen LogP contribution in [0, 0.1) is 11.6 Å². The van der Waals surface area contributed by atoms with E-state index in [-0.39, 0.29) is 10.6 Å². The van der Waals surface area contributed by atoms with E-state index in [1.54, 1.807) is 18.6 Å². The van der Waals surface area contributed by atoms with Gasteiger partial charge in [0.05, 0.1) is 34.8 Å². The highest BCUT2D eigenvalue weighted by atomic mass is 79.9. The lowest BCUT2D eigenvalue weighted by molar-refractivity contribution is 0.0673. The number of nitrogens with one attached hydrogen (secondary N) is 1. The van der Waals surface area contributed by atoms with Crippen molar-refractivity contribution in [1.82, 2.24) is 4.98 Å². The molecule has 1 aliphatic rings. The fraction of sp³-hybridized carbons (Fsp3) is 0.200. The number of aromatic amines is 1. The van der Waals surface area contributed by atoms with Gasteiger partial charge in [0, 0.05) is 17.0 Å². The van der Waals surface area contributed by atoms with Gasteiger partial charge < -0.3 is 14.1 Å². The van der Waals surface area contributed by atoms with Gasteiger partial charge >= 0.3 is 0 Å². The molecule has 3 heterocycles. The molecule has 1 atom stereocenters. The van der Waals surface area contributed by atoms with Gasteiger partial charge in [-0.25, -0.2) is 8.78 Å². The molecular weight excluding hydrogens is 344 g/mol. The van der Waals surface area contributed by atoms with E-state index in [0.29, 0.717) is 23.9 Å². The molecule has 0 amide bonds. The van der Waals surface area contributed by atoms with E-state index < -0.39 is 11.6 Å². The van der Waals surface area contributed by atoms with Crippen molar-refractivity contribution in [2.45, 2.75) is 12.5 Å². The van der Waals surface area contributed by atoms with E-state index in [4.69, 9.17) is 9.15 Å². The maximum atomic E-state index is 14.0. The summed E-state index contributed by atoms with van der Waals surface area (Å²) in [5.74, 6) is -1.21. The molecule has 1 unspecified atom stereocenters. The van der Waals surface area contributed by atoms with Crippen LogP contribution in [0.4, 0.5) is 8.78 Å². The summed E-state index contributed by atoms with van der Waals surface area (Å²) in [4.78, 5) is 3.05. The number of hydrogen-bond donors (Lipinski definition) is 1. The van der Waals surface area contributed by atoms with Crippen molar-refractivity contribution in [3.63, 3.8) is 0 Å². The first-order valence-electron chi connectivity index (χ1n) is 6.48. The van der Waals surface area contributed by atoms with Crippen LogP contribution in [0.2, 0.25) is 0 Å². The molecule has 0 bridgehead atoms. The first kappa shape index (κ1) is 13.0. The largest absolute Gasteiger partial charge is 0.472 e. The van der Waals surface area contributed by atoms with E-state index in [1.165, 1.54) is 0 Å². The minimum atomic E-state index is -0.606. The van der Waals surface area contributed by atoms with Crippen LogP contribution in [0.5, 0.6) is 0 Å². The van der Waals surface area contributed by atoms with Gasteiger partial charge in [0.15, 0.2) is 0 Å². The van der Waals surface area contributed by atoms with Crippen LogP contribution in [0.1, 0.15) is 22.9 Å². The Bertz CT molecular complexity index is 826. The molecule has 0 radical (unpaired) electrons. The van der Waals surface area contributed by atoms with Crippen LogP contribution >= 0.6 is 15.9 Å². The van der Waals surface area contributed by atoms with Gasteiger partial charge in [0.1, 0.15) is 17.7 Å². The Balaban J connectivity index is 2.01. The highest BCUT2D eigenvalue weighted by Crippen LogP contribution is 2.40. The van der Waals surface area contributed by atoms with Crippen molar-refractivity contribution in [1.29, 1.82) is 0 Å². The number of ether oxygens (including phenoxy) is 1. The summed E-state index contributed by atoms with van der Waals surface area (Å²) in [6.45, 7) is 0.486. The van der Waals surface area contributed by atoms with E-state index >= 15 is 0 Å². The Labute approximate surface area is 127 Å². The van der Waals surface area contributed by atoms with Gasteiger partial charge in [-0.05, 0) is 34.0 Å². The van der Waals surface area contributed by atoms with Gasteiger partial charge in [-0.15, -0.1) is 0 Å². The van der Waals surface area contributed by atoms with Gasteiger partial charge in [-0.1, -0.05) is 0 Å². The summed E-state index contributed by atoms with van der Waals surface area (Å²) in [5, 5.41) is 0.555. The third-order valence-electron chi connectivity index (χ3n) is 3.80. The number of aromatic nitrogens is 1. The predicted octanol–water partition coefficient (Wildman–Crippen LogP) is 4.46. The van der Waals surface area contributed by atoms with Crippen molar-refractivity contribution in [2.75, 3.05) is 6.61 Å². The predicted molar refractivity (Wildman–Crippen MR) is 76.1 cm³/mol. The van der Waals surface area contributed by atoms with Gasteiger partial charge in [0.2, 0.25) is 0 Å². The van der Waals surface area contributed by atoms with Crippen LogP contribution in [0.25, 0.3) is 10.9 Å². The molecule has 0 spiro atoms. The van der Waals surface area contributed by atoms with Crippen molar-refractivity contribution in [2.24, 2.45) is 0 Å². The Morgan fingerprint density at radius 3 is 2.90 bits per heavy atom. The summed E-state index contributed by atoms with van der Waals surface area (Å²) in [6.07, 6.45) is 3.41. The minimum Gasteiger partial charge on any atom is -0.472 e. The molecule has 0 saturated heterocycles. The molecule has 2 aromatic heterocycles. The first-order chi connectivity index (χ1) is 10.2. The number of fused-ring (bicyclic) bond motifs is 3. The molecule has 0 aliphatic carbocycles. The Kier molecular flexibility index (Phi) is 2.90. The maximum Gasteiger partial charge on any atom is 0.150 e. The van der Waals surface area contributed by atoms with Crippen molar-refractivity contribution in [3.05, 3.63) is 57.6 Å². The summed E-state index contributed by atoms with van der Waals surface area (Å²) in [5.41, 5.74) is 2.78. The molecule has 108 valence electrons. The number of halogens is 3. The molecule has 3 aromatic rings. The second-order valence-electron chi connectivity index (χ2n) is 4.98. The van der Waals surface area contributed by atoms with Crippen LogP contribution in [-0.4, -0.2) is 11.6 Å². The normalized spacial score (nSPS) is 18.1. The molecule has 1 aromatic carbocycles. The van der Waals surface area contributed by atoms with Crippen molar-refractivity contribution >= 4 is 26.8 Å². The molecule has 0 saturated carbocycles. The number of furan rings is 1. The Hall–Kier alpha value is -1.66. The zero-order chi connectivity index (χ0) is 14.6. The lowest BCUT2D eigenvalue weighted by Gasteiger charge is -2.22. The molecule has 21 heavy (non-hydrogen) atoms. The number of rotatable bonds is 1. The van der Waals surface area contributed by atoms with E-state index in [9.17, 15) is 8.78 Å². The molecule has 0 fully saturated rings. The monoisotopic (exact) mass is 353 g/mol. The lowest BCUT2D eigenvalue weighted by atomic mass is 9.99. The van der Waals surface area contributed by atoms with Gasteiger partial charge in [0.25, 0.3) is 0 Å². The second kappa shape index (κ2) is 4.68. The van der Waals surface area contributed by atoms with Crippen LogP contribution < -0.4 is 0 Å². The van der Waals surface area contributed by atoms with E-state index in [0.717, 1.165) is 22.9 Å². The molecule has 3 nitrogen and oxygen atoms in total. The maximum absolute atomic E-state index is 14.0. The van der Waals surface area contributed by atoms with E-state index in [2.05, 4.69) is 20.9 Å². The average molecular weight is 354 g/mol. The average Bonchev–Trinajstić information content (AvgIpc) is 3.12. The first-order valence-corrected chi connectivity index (χ1v) is 7.27. The summed E-state index contributed by atoms with van der Waals surface area (Å²) in [6, 6.07) is 2.68. The van der Waals surface area contributed by atoms with Crippen LogP contribution in [0.15, 0.2) is 33.5 Å². The quantitative estimate of drug-likeness (QED) is 0.655. The second-order valence-corrected chi connectivity index (χ2v) is 5.77. The third kappa shape index (κ3) is 1.86. The summed E-state index contributed by atoms with van der Waals surface area (Å²) in [7, 11) is 0. The fourth-order valence-electron chi connectivity index (χ4n) is 2.88. The number of H-pyrrole nitrogens is 1. The number of benzene rings is 1. The smallest absolute Gasteiger partial charge is 0.150 e. The topological polar surface area (TPSA) is 38.2 Å². The molecule has 6 heteroatoms. The lowest BCUT2D eigenvalue weighted by Crippen LogP contribution is -2.16. The highest BCUT2D eigenvalue weighted by Gasteiger charge is 2.29. The summed E-state index contributed by atoms with van der Waals surface area (Å²) < 4.78 is 38.9. The minimum absolute atomic E-state index is 0.282. The zero-order valence-electron chi connectivity index (χ0n) is 10.8. The number of hydrogen-bond acceptors (Lipinski definition) is 2. The molecule has 1 aliphatic heterocycles. The van der Waals surface area contributed by atoms with Crippen molar-refractivity contribution in [3.8, 4) is 0 Å². The highest BCUT2D eigenvalue weighted by molar-refractivity contribution is 9.10. The standard InChI is InChI=1S/C15H10BrF2NO2/c16-12-9(17)5-10(18)14-11(12)8-2-4-21-15(13(8)19-14)7-1-3-20-6-7/h1,3,5-6,15,19H,2,4H2. The fourth-order valence-corrected chi connectivity index (χ4v) is 3.43.